The fourth-order valence-corrected chi connectivity index (χ4v) is 3.61. The Labute approximate surface area is 164 Å². The Bertz CT molecular complexity index is 1060. The lowest BCUT2D eigenvalue weighted by Gasteiger charge is -2.32. The van der Waals surface area contributed by atoms with Gasteiger partial charge in [-0.15, -0.1) is 0 Å². The van der Waals surface area contributed by atoms with Crippen molar-refractivity contribution in [3.63, 3.8) is 0 Å². The van der Waals surface area contributed by atoms with Crippen molar-refractivity contribution < 1.29 is 9.90 Å². The maximum absolute atomic E-state index is 11.9. The Balaban J connectivity index is 2.08. The molecule has 0 aliphatic rings. The molecule has 0 radical (unpaired) electrons. The average Bonchev–Trinajstić information content (AvgIpc) is 3.04. The largest absolute Gasteiger partial charge is 0.549 e. The highest BCUT2D eigenvalue weighted by Crippen LogP contribution is 2.34. The summed E-state index contributed by atoms with van der Waals surface area (Å²) in [5.74, 6) is -1.23. The predicted molar refractivity (Wildman–Crippen MR) is 106 cm³/mol. The molecule has 5 nitrogen and oxygen atoms in total. The SMILES string of the molecule is CCC(CC#N)(C(=O)[O-])c1cccc(-c2cccc(-c3cc(C)[nH]c3C)n2)c1. The number of carboxylic acids is 1. The molecule has 1 N–H and O–H groups in total. The molecule has 142 valence electrons. The van der Waals surface area contributed by atoms with E-state index in [0.29, 0.717) is 5.56 Å². The fourth-order valence-electron chi connectivity index (χ4n) is 3.61. The van der Waals surface area contributed by atoms with Gasteiger partial charge in [-0.25, -0.2) is 4.98 Å². The van der Waals surface area contributed by atoms with E-state index in [9.17, 15) is 9.90 Å². The van der Waals surface area contributed by atoms with Gasteiger partial charge in [0.15, 0.2) is 0 Å². The van der Waals surface area contributed by atoms with Crippen LogP contribution in [0.5, 0.6) is 0 Å². The van der Waals surface area contributed by atoms with Crippen molar-refractivity contribution >= 4 is 5.97 Å². The Kier molecular flexibility index (Phi) is 5.32. The molecule has 2 heterocycles. The lowest BCUT2D eigenvalue weighted by molar-refractivity contribution is -0.314. The van der Waals surface area contributed by atoms with E-state index in [4.69, 9.17) is 10.2 Å². The van der Waals surface area contributed by atoms with Crippen molar-refractivity contribution in [3.05, 3.63) is 65.5 Å². The van der Waals surface area contributed by atoms with Crippen LogP contribution in [0.2, 0.25) is 0 Å². The van der Waals surface area contributed by atoms with Crippen LogP contribution >= 0.6 is 0 Å². The topological polar surface area (TPSA) is 92.6 Å². The second-order valence-corrected chi connectivity index (χ2v) is 7.04. The lowest BCUT2D eigenvalue weighted by Crippen LogP contribution is -2.45. The zero-order chi connectivity index (χ0) is 20.3. The highest BCUT2D eigenvalue weighted by atomic mass is 16.4. The highest BCUT2D eigenvalue weighted by Gasteiger charge is 2.32. The molecule has 0 spiro atoms. The summed E-state index contributed by atoms with van der Waals surface area (Å²) in [5.41, 5.74) is 4.80. The normalized spacial score (nSPS) is 12.9. The summed E-state index contributed by atoms with van der Waals surface area (Å²) in [6.45, 7) is 5.77. The molecule has 0 bridgehead atoms. The minimum absolute atomic E-state index is 0.134. The van der Waals surface area contributed by atoms with E-state index < -0.39 is 11.4 Å². The summed E-state index contributed by atoms with van der Waals surface area (Å²) in [6, 6.07) is 17.1. The predicted octanol–water partition coefficient (Wildman–Crippen LogP) is 3.67. The summed E-state index contributed by atoms with van der Waals surface area (Å²) in [6.07, 6.45) is 0.145. The van der Waals surface area contributed by atoms with Crippen LogP contribution in [-0.4, -0.2) is 15.9 Å². The number of nitrogens with zero attached hydrogens (tertiary/aromatic N) is 2. The van der Waals surface area contributed by atoms with Gasteiger partial charge in [0.2, 0.25) is 0 Å². The van der Waals surface area contributed by atoms with Gasteiger partial charge in [0.1, 0.15) is 0 Å². The van der Waals surface area contributed by atoms with Crippen LogP contribution in [-0.2, 0) is 10.2 Å². The Hall–Kier alpha value is -3.39. The standard InChI is InChI=1S/C23H23N3O2/c1-4-23(11-12-24,22(27)28)18-8-5-7-17(14-18)20-9-6-10-21(26-20)19-13-15(2)25-16(19)3/h5-10,13-14,25H,4,11H2,1-3H3,(H,27,28)/p-1. The van der Waals surface area contributed by atoms with Gasteiger partial charge in [-0.3, -0.25) is 0 Å². The first-order chi connectivity index (χ1) is 13.4. The van der Waals surface area contributed by atoms with E-state index >= 15 is 0 Å². The number of benzene rings is 1. The number of aliphatic carboxylic acids is 1. The van der Waals surface area contributed by atoms with E-state index in [1.165, 1.54) is 0 Å². The van der Waals surface area contributed by atoms with Gasteiger partial charge in [0, 0.05) is 27.9 Å². The zero-order valence-corrected chi connectivity index (χ0v) is 16.2. The molecule has 28 heavy (non-hydrogen) atoms. The van der Waals surface area contributed by atoms with E-state index in [1.807, 2.05) is 44.2 Å². The van der Waals surface area contributed by atoms with Gasteiger partial charge in [-0.2, -0.15) is 5.26 Å². The minimum atomic E-state index is -1.32. The monoisotopic (exact) mass is 372 g/mol. The number of hydrogen-bond acceptors (Lipinski definition) is 4. The molecule has 0 amide bonds. The van der Waals surface area contributed by atoms with Gasteiger partial charge >= 0.3 is 0 Å². The second-order valence-electron chi connectivity index (χ2n) is 7.04. The molecule has 0 saturated carbocycles. The molecule has 0 saturated heterocycles. The molecule has 0 aliphatic heterocycles. The van der Waals surface area contributed by atoms with Crippen molar-refractivity contribution in [1.29, 1.82) is 5.26 Å². The van der Waals surface area contributed by atoms with Crippen LogP contribution < -0.4 is 5.11 Å². The number of aromatic amines is 1. The number of carboxylic acid groups (broad SMARTS) is 1. The zero-order valence-electron chi connectivity index (χ0n) is 16.2. The molecule has 5 heteroatoms. The van der Waals surface area contributed by atoms with Crippen LogP contribution in [0, 0.1) is 25.2 Å². The number of aromatic nitrogens is 2. The van der Waals surface area contributed by atoms with E-state index in [0.717, 1.165) is 33.9 Å². The molecule has 2 aromatic heterocycles. The van der Waals surface area contributed by atoms with Crippen molar-refractivity contribution in [2.45, 2.75) is 39.0 Å². The number of carbonyl (C=O) groups excluding carboxylic acids is 1. The quantitative estimate of drug-likeness (QED) is 0.714. The number of H-pyrrole nitrogens is 1. The average molecular weight is 372 g/mol. The minimum Gasteiger partial charge on any atom is -0.549 e. The summed E-state index contributed by atoms with van der Waals surface area (Å²) in [4.78, 5) is 20.0. The molecule has 1 aromatic carbocycles. The number of nitriles is 1. The van der Waals surface area contributed by atoms with Crippen molar-refractivity contribution in [2.75, 3.05) is 0 Å². The maximum atomic E-state index is 11.9. The molecule has 0 fully saturated rings. The summed E-state index contributed by atoms with van der Waals surface area (Å²) < 4.78 is 0. The Morgan fingerprint density at radius 2 is 1.89 bits per heavy atom. The van der Waals surface area contributed by atoms with Gasteiger partial charge in [-0.1, -0.05) is 31.2 Å². The number of carbonyl (C=O) groups is 1. The summed E-state index contributed by atoms with van der Waals surface area (Å²) in [5, 5.41) is 21.1. The second kappa shape index (κ2) is 7.69. The molecule has 1 atom stereocenters. The van der Waals surface area contributed by atoms with Gasteiger partial charge in [0.25, 0.3) is 0 Å². The van der Waals surface area contributed by atoms with Crippen molar-refractivity contribution in [3.8, 4) is 28.6 Å². The lowest BCUT2D eigenvalue weighted by atomic mass is 9.75. The smallest absolute Gasteiger partial charge is 0.0727 e. The number of rotatable bonds is 6. The van der Waals surface area contributed by atoms with E-state index in [-0.39, 0.29) is 12.8 Å². The van der Waals surface area contributed by atoms with Crippen LogP contribution in [0.3, 0.4) is 0 Å². The van der Waals surface area contributed by atoms with Crippen LogP contribution in [0.1, 0.15) is 36.7 Å². The van der Waals surface area contributed by atoms with Crippen molar-refractivity contribution in [2.24, 2.45) is 0 Å². The molecule has 3 aromatic rings. The first-order valence-corrected chi connectivity index (χ1v) is 9.24. The molecule has 1 unspecified atom stereocenters. The third-order valence-electron chi connectivity index (χ3n) is 5.26. The van der Waals surface area contributed by atoms with Crippen LogP contribution in [0.25, 0.3) is 22.5 Å². The number of aryl methyl sites for hydroxylation is 2. The van der Waals surface area contributed by atoms with Crippen LogP contribution in [0.4, 0.5) is 0 Å². The molecular weight excluding hydrogens is 350 g/mol. The number of pyridine rings is 1. The molecular formula is C23H22N3O2-. The van der Waals surface area contributed by atoms with Crippen molar-refractivity contribution in [1.82, 2.24) is 9.97 Å². The number of nitrogens with one attached hydrogen (secondary N) is 1. The first-order valence-electron chi connectivity index (χ1n) is 9.24. The fraction of sp³-hybridized carbons (Fsp3) is 0.261. The van der Waals surface area contributed by atoms with E-state index in [1.54, 1.807) is 25.1 Å². The first kappa shape index (κ1) is 19.4. The summed E-state index contributed by atoms with van der Waals surface area (Å²) in [7, 11) is 0. The molecule has 3 rings (SSSR count). The van der Waals surface area contributed by atoms with E-state index in [2.05, 4.69) is 11.1 Å². The third kappa shape index (κ3) is 3.41. The third-order valence-corrected chi connectivity index (χ3v) is 5.26. The highest BCUT2D eigenvalue weighted by molar-refractivity contribution is 5.81. The molecule has 0 aliphatic carbocycles. The number of hydrogen-bond donors (Lipinski definition) is 1. The van der Waals surface area contributed by atoms with Gasteiger partial charge < -0.3 is 14.9 Å². The Morgan fingerprint density at radius 1 is 1.18 bits per heavy atom. The maximum Gasteiger partial charge on any atom is 0.0727 e. The Morgan fingerprint density at radius 3 is 2.50 bits per heavy atom. The summed E-state index contributed by atoms with van der Waals surface area (Å²) >= 11 is 0. The van der Waals surface area contributed by atoms with Gasteiger partial charge in [0.05, 0.1) is 29.8 Å². The van der Waals surface area contributed by atoms with Gasteiger partial charge in [-0.05, 0) is 50.1 Å². The van der Waals surface area contributed by atoms with Crippen LogP contribution in [0.15, 0.2) is 48.5 Å².